The van der Waals surface area contributed by atoms with E-state index in [4.69, 9.17) is 9.47 Å². The maximum Gasteiger partial charge on any atom is 0.329 e. The first kappa shape index (κ1) is 14.9. The van der Waals surface area contributed by atoms with Crippen LogP contribution in [0.4, 0.5) is 4.79 Å². The van der Waals surface area contributed by atoms with Crippen LogP contribution < -0.4 is 14.8 Å². The van der Waals surface area contributed by atoms with E-state index >= 15 is 0 Å². The normalized spacial score (nSPS) is 17.7. The molecule has 2 heterocycles. The zero-order valence-electron chi connectivity index (χ0n) is 12.5. The Bertz CT molecular complexity index is 740. The predicted molar refractivity (Wildman–Crippen MR) is 77.5 cm³/mol. The summed E-state index contributed by atoms with van der Waals surface area (Å²) in [5.41, 5.74) is 1.65. The van der Waals surface area contributed by atoms with Gasteiger partial charge in [0.1, 0.15) is 12.2 Å². The summed E-state index contributed by atoms with van der Waals surface area (Å²) in [5, 5.41) is 2.45. The molecule has 0 radical (unpaired) electrons. The number of carbonyl (C=O) groups is 3. The number of benzene rings is 1. The molecule has 0 spiro atoms. The zero-order valence-corrected chi connectivity index (χ0v) is 12.5. The van der Waals surface area contributed by atoms with Crippen LogP contribution in [0.3, 0.4) is 0 Å². The van der Waals surface area contributed by atoms with Gasteiger partial charge in [0, 0.05) is 0 Å². The average molecular weight is 318 g/mol. The number of urea groups is 1. The van der Waals surface area contributed by atoms with Crippen LogP contribution in [0.15, 0.2) is 17.8 Å². The second kappa shape index (κ2) is 5.64. The van der Waals surface area contributed by atoms with E-state index in [9.17, 15) is 14.4 Å². The highest BCUT2D eigenvalue weighted by Crippen LogP contribution is 2.35. The minimum absolute atomic E-state index is 0.0841. The maximum absolute atomic E-state index is 12.2. The summed E-state index contributed by atoms with van der Waals surface area (Å²) in [5.74, 6) is -0.0455. The molecule has 1 aromatic carbocycles. The molecule has 3 rings (SSSR count). The van der Waals surface area contributed by atoms with Crippen molar-refractivity contribution in [2.24, 2.45) is 0 Å². The van der Waals surface area contributed by atoms with Crippen molar-refractivity contribution < 1.29 is 28.6 Å². The van der Waals surface area contributed by atoms with Crippen molar-refractivity contribution >= 4 is 24.0 Å². The topological polar surface area (TPSA) is 94.2 Å². The van der Waals surface area contributed by atoms with Crippen LogP contribution >= 0.6 is 0 Å². The smallest absolute Gasteiger partial charge is 0.329 e. The molecule has 1 saturated heterocycles. The molecule has 0 bridgehead atoms. The molecule has 1 aromatic rings. The zero-order chi connectivity index (χ0) is 16.6. The summed E-state index contributed by atoms with van der Waals surface area (Å²) >= 11 is 0. The quantitative estimate of drug-likeness (QED) is 0.503. The number of carbonyl (C=O) groups excluding carboxylic acids is 3. The SMILES string of the molecule is COC(=O)CN1C(=O)N/C(=C/c2cc3c(cc2C)OCO3)C1=O. The number of nitrogens with zero attached hydrogens (tertiary/aromatic N) is 1. The van der Waals surface area contributed by atoms with Crippen LogP contribution in [0.5, 0.6) is 11.5 Å². The fraction of sp³-hybridized carbons (Fsp3) is 0.267. The number of hydrogen-bond acceptors (Lipinski definition) is 6. The van der Waals surface area contributed by atoms with Crippen molar-refractivity contribution in [3.8, 4) is 11.5 Å². The Morgan fingerprint density at radius 1 is 1.35 bits per heavy atom. The Kier molecular flexibility index (Phi) is 3.65. The van der Waals surface area contributed by atoms with Gasteiger partial charge in [0.05, 0.1) is 7.11 Å². The lowest BCUT2D eigenvalue weighted by atomic mass is 10.1. The van der Waals surface area contributed by atoms with Crippen LogP contribution in [-0.4, -0.2) is 43.3 Å². The van der Waals surface area contributed by atoms with Crippen LogP contribution in [0.25, 0.3) is 6.08 Å². The first-order valence-electron chi connectivity index (χ1n) is 6.81. The van der Waals surface area contributed by atoms with E-state index < -0.39 is 24.5 Å². The third kappa shape index (κ3) is 2.70. The van der Waals surface area contributed by atoms with E-state index in [0.29, 0.717) is 17.1 Å². The Morgan fingerprint density at radius 2 is 2.04 bits per heavy atom. The van der Waals surface area contributed by atoms with Gasteiger partial charge >= 0.3 is 12.0 Å². The molecular weight excluding hydrogens is 304 g/mol. The van der Waals surface area contributed by atoms with Gasteiger partial charge in [-0.1, -0.05) is 0 Å². The molecule has 3 amide bonds. The molecule has 1 N–H and O–H groups in total. The summed E-state index contributed by atoms with van der Waals surface area (Å²) < 4.78 is 15.0. The van der Waals surface area contributed by atoms with Gasteiger partial charge in [-0.25, -0.2) is 9.69 Å². The van der Waals surface area contributed by atoms with Gasteiger partial charge < -0.3 is 19.5 Å². The lowest BCUT2D eigenvalue weighted by Crippen LogP contribution is -2.36. The van der Waals surface area contributed by atoms with Gasteiger partial charge in [-0.2, -0.15) is 0 Å². The minimum Gasteiger partial charge on any atom is -0.468 e. The van der Waals surface area contributed by atoms with Crippen molar-refractivity contribution in [2.75, 3.05) is 20.4 Å². The molecule has 0 unspecified atom stereocenters. The van der Waals surface area contributed by atoms with E-state index in [1.807, 2.05) is 6.92 Å². The van der Waals surface area contributed by atoms with Gasteiger partial charge in [-0.15, -0.1) is 0 Å². The first-order valence-corrected chi connectivity index (χ1v) is 6.81. The lowest BCUT2D eigenvalue weighted by molar-refractivity contribution is -0.143. The van der Waals surface area contributed by atoms with Gasteiger partial charge in [0.15, 0.2) is 11.5 Å². The Balaban J connectivity index is 1.88. The molecular formula is C15H14N2O6. The van der Waals surface area contributed by atoms with Crippen molar-refractivity contribution in [1.29, 1.82) is 0 Å². The standard InChI is InChI=1S/C15H14N2O6/c1-8-3-11-12(23-7-22-11)5-9(8)4-10-14(19)17(15(20)16-10)6-13(18)21-2/h3-5H,6-7H2,1-2H3,(H,16,20)/b10-4+. The Hall–Kier alpha value is -3.03. The van der Waals surface area contributed by atoms with Crippen LogP contribution in [-0.2, 0) is 14.3 Å². The molecule has 23 heavy (non-hydrogen) atoms. The summed E-state index contributed by atoms with van der Waals surface area (Å²) in [6, 6.07) is 2.86. The number of nitrogens with one attached hydrogen (secondary N) is 1. The average Bonchev–Trinajstić information content (AvgIpc) is 3.07. The third-order valence-electron chi connectivity index (χ3n) is 3.54. The largest absolute Gasteiger partial charge is 0.468 e. The van der Waals surface area contributed by atoms with Crippen molar-refractivity contribution in [2.45, 2.75) is 6.92 Å². The molecule has 120 valence electrons. The summed E-state index contributed by atoms with van der Waals surface area (Å²) in [4.78, 5) is 36.1. The van der Waals surface area contributed by atoms with Crippen molar-refractivity contribution in [3.63, 3.8) is 0 Å². The van der Waals surface area contributed by atoms with Gasteiger partial charge in [-0.3, -0.25) is 9.59 Å². The van der Waals surface area contributed by atoms with E-state index in [-0.39, 0.29) is 12.5 Å². The van der Waals surface area contributed by atoms with Crippen LogP contribution in [0.1, 0.15) is 11.1 Å². The lowest BCUT2D eigenvalue weighted by Gasteiger charge is -2.09. The number of esters is 1. The monoisotopic (exact) mass is 318 g/mol. The molecule has 0 atom stereocenters. The highest BCUT2D eigenvalue weighted by molar-refractivity contribution is 6.15. The summed E-state index contributed by atoms with van der Waals surface area (Å²) in [7, 11) is 1.19. The van der Waals surface area contributed by atoms with E-state index in [1.165, 1.54) is 13.2 Å². The third-order valence-corrected chi connectivity index (χ3v) is 3.54. The molecule has 8 heteroatoms. The van der Waals surface area contributed by atoms with E-state index in [2.05, 4.69) is 10.1 Å². The molecule has 2 aliphatic heterocycles. The second-order valence-corrected chi connectivity index (χ2v) is 5.02. The number of methoxy groups -OCH3 is 1. The van der Waals surface area contributed by atoms with Gasteiger partial charge in [0.2, 0.25) is 6.79 Å². The first-order chi connectivity index (χ1) is 11.0. The van der Waals surface area contributed by atoms with Gasteiger partial charge in [-0.05, 0) is 36.3 Å². The molecule has 1 fully saturated rings. The number of hydrogen-bond donors (Lipinski definition) is 1. The molecule has 8 nitrogen and oxygen atoms in total. The number of ether oxygens (including phenoxy) is 3. The van der Waals surface area contributed by atoms with Gasteiger partial charge in [0.25, 0.3) is 5.91 Å². The highest BCUT2D eigenvalue weighted by Gasteiger charge is 2.35. The Labute approximate surface area is 131 Å². The van der Waals surface area contributed by atoms with Crippen LogP contribution in [0, 0.1) is 6.92 Å². The summed E-state index contributed by atoms with van der Waals surface area (Å²) in [6.07, 6.45) is 1.54. The van der Waals surface area contributed by atoms with E-state index in [1.54, 1.807) is 12.1 Å². The maximum atomic E-state index is 12.2. The van der Waals surface area contributed by atoms with E-state index in [0.717, 1.165) is 10.5 Å². The molecule has 2 aliphatic rings. The van der Waals surface area contributed by atoms with Crippen molar-refractivity contribution in [1.82, 2.24) is 10.2 Å². The number of rotatable bonds is 3. The number of imide groups is 1. The number of amides is 3. The molecule has 0 aliphatic carbocycles. The number of fused-ring (bicyclic) bond motifs is 1. The Morgan fingerprint density at radius 3 is 2.74 bits per heavy atom. The fourth-order valence-corrected chi connectivity index (χ4v) is 2.28. The minimum atomic E-state index is -0.672. The molecule has 0 aromatic heterocycles. The highest BCUT2D eigenvalue weighted by atomic mass is 16.7. The van der Waals surface area contributed by atoms with Crippen molar-refractivity contribution in [3.05, 3.63) is 29.0 Å². The fourth-order valence-electron chi connectivity index (χ4n) is 2.28. The van der Waals surface area contributed by atoms with Crippen LogP contribution in [0.2, 0.25) is 0 Å². The molecule has 0 saturated carbocycles. The second-order valence-electron chi connectivity index (χ2n) is 5.02. The number of aryl methyl sites for hydroxylation is 1. The predicted octanol–water partition coefficient (Wildman–Crippen LogP) is 0.789. The summed E-state index contributed by atoms with van der Waals surface area (Å²) in [6.45, 7) is 1.57.